The maximum absolute atomic E-state index is 11.0. The van der Waals surface area contributed by atoms with Crippen molar-refractivity contribution >= 4 is 5.91 Å². The predicted octanol–water partition coefficient (Wildman–Crippen LogP) is -0.664. The molecule has 104 valence electrons. The molecule has 0 radical (unpaired) electrons. The Morgan fingerprint density at radius 1 is 1.17 bits per heavy atom. The number of ether oxygens (including phenoxy) is 1. The number of carbonyl (C=O) groups excluding carboxylic acids is 1. The third-order valence-corrected chi connectivity index (χ3v) is 3.80. The molecule has 0 spiro atoms. The highest BCUT2D eigenvalue weighted by molar-refractivity contribution is 5.73. The van der Waals surface area contributed by atoms with Gasteiger partial charge < -0.3 is 21.5 Å². The van der Waals surface area contributed by atoms with Gasteiger partial charge in [-0.1, -0.05) is 0 Å². The van der Waals surface area contributed by atoms with Crippen molar-refractivity contribution in [3.63, 3.8) is 0 Å². The van der Waals surface area contributed by atoms with Crippen LogP contribution in [0.2, 0.25) is 0 Å². The highest BCUT2D eigenvalue weighted by Gasteiger charge is 2.31. The van der Waals surface area contributed by atoms with Crippen LogP contribution in [0.15, 0.2) is 0 Å². The van der Waals surface area contributed by atoms with E-state index in [9.17, 15) is 4.79 Å². The second kappa shape index (κ2) is 5.97. The van der Waals surface area contributed by atoms with Crippen LogP contribution in [0.4, 0.5) is 0 Å². The molecule has 1 aliphatic carbocycles. The Balaban J connectivity index is 1.80. The topological polar surface area (TPSA) is 93.6 Å². The van der Waals surface area contributed by atoms with E-state index in [1.165, 1.54) is 0 Å². The van der Waals surface area contributed by atoms with Crippen LogP contribution in [-0.4, -0.2) is 48.4 Å². The number of amides is 1. The minimum Gasteiger partial charge on any atom is -0.354 e. The summed E-state index contributed by atoms with van der Waals surface area (Å²) in [5.41, 5.74) is 11.6. The largest absolute Gasteiger partial charge is 0.354 e. The lowest BCUT2D eigenvalue weighted by atomic mass is 9.90. The third-order valence-electron chi connectivity index (χ3n) is 3.80. The highest BCUT2D eigenvalue weighted by atomic mass is 16.5. The Labute approximate surface area is 108 Å². The number of carbonyl (C=O) groups is 1. The van der Waals surface area contributed by atoms with Gasteiger partial charge in [0.25, 0.3) is 0 Å². The molecule has 2 atom stereocenters. The molecule has 1 amide bonds. The summed E-state index contributed by atoms with van der Waals surface area (Å²) in [6.07, 6.45) is 3.69. The van der Waals surface area contributed by atoms with Gasteiger partial charge in [0, 0.05) is 32.1 Å². The summed E-state index contributed by atoms with van der Waals surface area (Å²) in [5.74, 6) is 0.0638. The Bertz CT molecular complexity index is 282. The number of nitrogens with zero attached hydrogens (tertiary/aromatic N) is 1. The van der Waals surface area contributed by atoms with E-state index >= 15 is 0 Å². The molecule has 2 rings (SSSR count). The van der Waals surface area contributed by atoms with E-state index in [1.54, 1.807) is 6.92 Å². The minimum absolute atomic E-state index is 0.0638. The Morgan fingerprint density at radius 3 is 2.22 bits per heavy atom. The summed E-state index contributed by atoms with van der Waals surface area (Å²) in [6, 6.07) is 0.859. The molecule has 0 aromatic carbocycles. The van der Waals surface area contributed by atoms with E-state index < -0.39 is 0 Å². The van der Waals surface area contributed by atoms with Crippen molar-refractivity contribution in [1.82, 2.24) is 10.2 Å². The van der Waals surface area contributed by atoms with Crippen LogP contribution in [0.25, 0.3) is 0 Å². The fourth-order valence-corrected chi connectivity index (χ4v) is 3.02. The molecule has 2 aliphatic rings. The average molecular weight is 256 g/mol. The van der Waals surface area contributed by atoms with Crippen LogP contribution in [0.3, 0.4) is 0 Å². The molecule has 0 aromatic rings. The molecule has 0 aromatic heterocycles. The molecule has 5 N–H and O–H groups in total. The van der Waals surface area contributed by atoms with E-state index in [1.807, 2.05) is 0 Å². The zero-order valence-electron chi connectivity index (χ0n) is 11.0. The SMILES string of the molecule is CC(=O)NC1CCC(N2CC(N)OC(N)C2)CC1. The van der Waals surface area contributed by atoms with Crippen molar-refractivity contribution in [2.45, 2.75) is 57.1 Å². The van der Waals surface area contributed by atoms with Gasteiger partial charge in [0.1, 0.15) is 12.5 Å². The van der Waals surface area contributed by atoms with Gasteiger partial charge in [-0.05, 0) is 25.7 Å². The second-order valence-electron chi connectivity index (χ2n) is 5.37. The van der Waals surface area contributed by atoms with E-state index in [0.29, 0.717) is 12.1 Å². The Kier molecular flexibility index (Phi) is 4.55. The summed E-state index contributed by atoms with van der Waals surface area (Å²) in [7, 11) is 0. The molecule has 1 heterocycles. The van der Waals surface area contributed by atoms with Gasteiger partial charge in [0.05, 0.1) is 0 Å². The summed E-state index contributed by atoms with van der Waals surface area (Å²) in [6.45, 7) is 3.08. The zero-order valence-corrected chi connectivity index (χ0v) is 11.0. The van der Waals surface area contributed by atoms with E-state index in [-0.39, 0.29) is 18.4 Å². The lowest BCUT2D eigenvalue weighted by molar-refractivity contribution is -0.120. The predicted molar refractivity (Wildman–Crippen MR) is 68.5 cm³/mol. The molecule has 1 saturated carbocycles. The summed E-state index contributed by atoms with van der Waals surface area (Å²) in [5, 5.41) is 2.99. The highest BCUT2D eigenvalue weighted by Crippen LogP contribution is 2.24. The first kappa shape index (κ1) is 13.7. The van der Waals surface area contributed by atoms with Gasteiger partial charge in [-0.3, -0.25) is 9.69 Å². The van der Waals surface area contributed by atoms with Crippen LogP contribution in [0.1, 0.15) is 32.6 Å². The standard InChI is InChI=1S/C12H24N4O2/c1-8(17)15-9-2-4-10(5-3-9)16-6-11(13)18-12(14)7-16/h9-12H,2-7,13-14H2,1H3,(H,15,17). The van der Waals surface area contributed by atoms with Gasteiger partial charge in [-0.15, -0.1) is 0 Å². The molecule has 1 saturated heterocycles. The average Bonchev–Trinajstić information content (AvgIpc) is 2.27. The van der Waals surface area contributed by atoms with Gasteiger partial charge >= 0.3 is 0 Å². The maximum atomic E-state index is 11.0. The van der Waals surface area contributed by atoms with Crippen molar-refractivity contribution in [2.75, 3.05) is 13.1 Å². The maximum Gasteiger partial charge on any atom is 0.217 e. The quantitative estimate of drug-likeness (QED) is 0.609. The molecule has 1 aliphatic heterocycles. The lowest BCUT2D eigenvalue weighted by Crippen LogP contribution is -2.58. The number of hydrogen-bond acceptors (Lipinski definition) is 5. The first-order valence-corrected chi connectivity index (χ1v) is 6.72. The van der Waals surface area contributed by atoms with Crippen molar-refractivity contribution < 1.29 is 9.53 Å². The van der Waals surface area contributed by atoms with Crippen LogP contribution in [0.5, 0.6) is 0 Å². The summed E-state index contributed by atoms with van der Waals surface area (Å²) >= 11 is 0. The van der Waals surface area contributed by atoms with E-state index in [4.69, 9.17) is 16.2 Å². The number of morpholine rings is 1. The normalized spacial score (nSPS) is 38.4. The first-order chi connectivity index (χ1) is 8.54. The fourth-order valence-electron chi connectivity index (χ4n) is 3.02. The molecular formula is C12H24N4O2. The summed E-state index contributed by atoms with van der Waals surface area (Å²) < 4.78 is 5.34. The second-order valence-corrected chi connectivity index (χ2v) is 5.37. The molecule has 6 heteroatoms. The molecule has 2 unspecified atom stereocenters. The smallest absolute Gasteiger partial charge is 0.217 e. The van der Waals surface area contributed by atoms with Gasteiger partial charge in [0.15, 0.2) is 0 Å². The van der Waals surface area contributed by atoms with Gasteiger partial charge in [-0.2, -0.15) is 0 Å². The molecule has 6 nitrogen and oxygen atoms in total. The van der Waals surface area contributed by atoms with Crippen LogP contribution < -0.4 is 16.8 Å². The van der Waals surface area contributed by atoms with Crippen LogP contribution >= 0.6 is 0 Å². The van der Waals surface area contributed by atoms with Gasteiger partial charge in [0.2, 0.25) is 5.91 Å². The van der Waals surface area contributed by atoms with E-state index in [2.05, 4.69) is 10.2 Å². The van der Waals surface area contributed by atoms with Crippen molar-refractivity contribution in [3.05, 3.63) is 0 Å². The fraction of sp³-hybridized carbons (Fsp3) is 0.917. The van der Waals surface area contributed by atoms with Crippen molar-refractivity contribution in [3.8, 4) is 0 Å². The number of nitrogens with one attached hydrogen (secondary N) is 1. The zero-order chi connectivity index (χ0) is 13.1. The van der Waals surface area contributed by atoms with Crippen LogP contribution in [-0.2, 0) is 9.53 Å². The molecule has 0 bridgehead atoms. The van der Waals surface area contributed by atoms with Gasteiger partial charge in [-0.25, -0.2) is 0 Å². The number of hydrogen-bond donors (Lipinski definition) is 3. The first-order valence-electron chi connectivity index (χ1n) is 6.72. The molecular weight excluding hydrogens is 232 g/mol. The van der Waals surface area contributed by atoms with Crippen molar-refractivity contribution in [1.29, 1.82) is 0 Å². The number of rotatable bonds is 2. The molecule has 2 fully saturated rings. The Morgan fingerprint density at radius 2 is 1.72 bits per heavy atom. The van der Waals surface area contributed by atoms with Crippen LogP contribution in [0, 0.1) is 0 Å². The number of nitrogens with two attached hydrogens (primary N) is 2. The summed E-state index contributed by atoms with van der Waals surface area (Å²) in [4.78, 5) is 13.3. The lowest BCUT2D eigenvalue weighted by Gasteiger charge is -2.42. The molecule has 18 heavy (non-hydrogen) atoms. The Hall–Kier alpha value is -0.690. The minimum atomic E-state index is -0.276. The third kappa shape index (κ3) is 3.65. The van der Waals surface area contributed by atoms with E-state index in [0.717, 1.165) is 38.8 Å². The van der Waals surface area contributed by atoms with Crippen molar-refractivity contribution in [2.24, 2.45) is 11.5 Å². The monoisotopic (exact) mass is 256 g/mol.